The van der Waals surface area contributed by atoms with E-state index >= 15 is 0 Å². The molecule has 3 aromatic rings. The van der Waals surface area contributed by atoms with Crippen molar-refractivity contribution in [3.05, 3.63) is 70.6 Å². The number of thiophene rings is 1. The van der Waals surface area contributed by atoms with Gasteiger partial charge >= 0.3 is 5.97 Å². The normalized spacial score (nSPS) is 15.7. The first-order chi connectivity index (χ1) is 16.3. The number of aryl methyl sites for hydroxylation is 1. The van der Waals surface area contributed by atoms with Crippen LogP contribution in [0.2, 0.25) is 0 Å². The molecule has 7 heteroatoms. The van der Waals surface area contributed by atoms with E-state index in [2.05, 4.69) is 16.7 Å². The Morgan fingerprint density at radius 2 is 1.79 bits per heavy atom. The predicted octanol–water partition coefficient (Wildman–Crippen LogP) is 4.84. The number of carbonyl (C=O) groups is 3. The van der Waals surface area contributed by atoms with E-state index in [0.717, 1.165) is 34.1 Å². The number of carboxylic acids is 1. The van der Waals surface area contributed by atoms with Crippen LogP contribution in [0.4, 0.5) is 0 Å². The molecule has 3 N–H and O–H groups in total. The van der Waals surface area contributed by atoms with E-state index in [1.165, 1.54) is 11.3 Å². The molecule has 1 atom stereocenters. The number of carbonyl (C=O) groups excluding carboxylic acids is 2. The lowest BCUT2D eigenvalue weighted by molar-refractivity contribution is -0.137. The highest BCUT2D eigenvalue weighted by atomic mass is 32.1. The number of hydrogen-bond acceptors (Lipinski definition) is 4. The van der Waals surface area contributed by atoms with Crippen molar-refractivity contribution < 1.29 is 19.5 Å². The molecule has 1 aliphatic rings. The van der Waals surface area contributed by atoms with E-state index in [4.69, 9.17) is 0 Å². The zero-order valence-electron chi connectivity index (χ0n) is 19.3. The number of hydrogen-bond donors (Lipinski definition) is 3. The first-order valence-electron chi connectivity index (χ1n) is 11.7. The molecule has 0 unspecified atom stereocenters. The van der Waals surface area contributed by atoms with Crippen molar-refractivity contribution in [2.75, 3.05) is 0 Å². The van der Waals surface area contributed by atoms with E-state index in [9.17, 15) is 19.5 Å². The van der Waals surface area contributed by atoms with E-state index in [0.29, 0.717) is 30.6 Å². The van der Waals surface area contributed by atoms with Gasteiger partial charge in [-0.2, -0.15) is 0 Å². The zero-order chi connectivity index (χ0) is 24.1. The average molecular weight is 479 g/mol. The fraction of sp³-hybridized carbons (Fsp3) is 0.370. The Labute approximate surface area is 203 Å². The maximum atomic E-state index is 13.5. The molecular weight excluding hydrogens is 448 g/mol. The Morgan fingerprint density at radius 3 is 2.50 bits per heavy atom. The topological polar surface area (TPSA) is 95.5 Å². The summed E-state index contributed by atoms with van der Waals surface area (Å²) in [6.45, 7) is 2.02. The lowest BCUT2D eigenvalue weighted by Crippen LogP contribution is -2.59. The molecule has 2 aromatic carbocycles. The molecule has 2 amide bonds. The van der Waals surface area contributed by atoms with Crippen LogP contribution in [-0.4, -0.2) is 34.5 Å². The van der Waals surface area contributed by atoms with Crippen LogP contribution in [0.3, 0.4) is 0 Å². The quantitative estimate of drug-likeness (QED) is 0.410. The summed E-state index contributed by atoms with van der Waals surface area (Å²) in [6.07, 6.45) is 3.71. The molecule has 0 spiro atoms. The summed E-state index contributed by atoms with van der Waals surface area (Å²) in [5.41, 5.74) is 1.20. The van der Waals surface area contributed by atoms with Gasteiger partial charge in [0.25, 0.3) is 5.91 Å². The molecule has 0 bridgehead atoms. The van der Waals surface area contributed by atoms with Gasteiger partial charge in [0.05, 0.1) is 4.88 Å². The molecule has 1 heterocycles. The number of amides is 2. The largest absolute Gasteiger partial charge is 0.481 e. The summed E-state index contributed by atoms with van der Waals surface area (Å²) >= 11 is 1.43. The van der Waals surface area contributed by atoms with Crippen molar-refractivity contribution in [2.45, 2.75) is 63.5 Å². The van der Waals surface area contributed by atoms with Gasteiger partial charge in [-0.15, -0.1) is 11.3 Å². The van der Waals surface area contributed by atoms with Gasteiger partial charge in [-0.3, -0.25) is 14.4 Å². The second-order valence-corrected chi connectivity index (χ2v) is 10.3. The molecule has 34 heavy (non-hydrogen) atoms. The van der Waals surface area contributed by atoms with Crippen LogP contribution in [0.15, 0.2) is 54.6 Å². The van der Waals surface area contributed by atoms with Crippen molar-refractivity contribution in [1.82, 2.24) is 10.6 Å². The van der Waals surface area contributed by atoms with Gasteiger partial charge < -0.3 is 15.7 Å². The van der Waals surface area contributed by atoms with Gasteiger partial charge in [0.2, 0.25) is 5.91 Å². The fourth-order valence-corrected chi connectivity index (χ4v) is 5.72. The third kappa shape index (κ3) is 5.65. The molecular formula is C27H30N2O4S. The Hall–Kier alpha value is -3.19. The predicted molar refractivity (Wildman–Crippen MR) is 134 cm³/mol. The van der Waals surface area contributed by atoms with Crippen LogP contribution in [0.5, 0.6) is 0 Å². The SMILES string of the molecule is Cc1ccc2cc(C(=O)NC3(C(=O)N[C@@H](CCC(=O)O)Cc4ccccc4)CCCC3)sc2c1. The summed E-state index contributed by atoms with van der Waals surface area (Å²) in [5.74, 6) is -1.35. The molecule has 1 fully saturated rings. The lowest BCUT2D eigenvalue weighted by Gasteiger charge is -2.31. The van der Waals surface area contributed by atoms with Crippen LogP contribution in [-0.2, 0) is 16.0 Å². The summed E-state index contributed by atoms with van der Waals surface area (Å²) in [6, 6.07) is 17.4. The van der Waals surface area contributed by atoms with E-state index < -0.39 is 11.5 Å². The van der Waals surface area contributed by atoms with Gasteiger partial charge in [-0.25, -0.2) is 0 Å². The molecule has 1 aromatic heterocycles. The Kier molecular flexibility index (Phi) is 7.32. The summed E-state index contributed by atoms with van der Waals surface area (Å²) in [5, 5.41) is 16.3. The monoisotopic (exact) mass is 478 g/mol. The number of fused-ring (bicyclic) bond motifs is 1. The molecule has 1 saturated carbocycles. The van der Waals surface area contributed by atoms with Gasteiger partial charge in [-0.1, -0.05) is 55.3 Å². The van der Waals surface area contributed by atoms with Crippen LogP contribution >= 0.6 is 11.3 Å². The zero-order valence-corrected chi connectivity index (χ0v) is 20.1. The van der Waals surface area contributed by atoms with Crippen LogP contribution in [0.1, 0.15) is 59.3 Å². The molecule has 0 radical (unpaired) electrons. The Bertz CT molecular complexity index is 1180. The maximum absolute atomic E-state index is 13.5. The highest BCUT2D eigenvalue weighted by Crippen LogP contribution is 2.32. The van der Waals surface area contributed by atoms with E-state index in [1.54, 1.807) is 0 Å². The van der Waals surface area contributed by atoms with Crippen molar-refractivity contribution in [1.29, 1.82) is 0 Å². The van der Waals surface area contributed by atoms with Crippen LogP contribution in [0, 0.1) is 6.92 Å². The second-order valence-electron chi connectivity index (χ2n) is 9.19. The summed E-state index contributed by atoms with van der Waals surface area (Å²) in [7, 11) is 0. The summed E-state index contributed by atoms with van der Waals surface area (Å²) in [4.78, 5) is 38.5. The first kappa shape index (κ1) is 24.0. The van der Waals surface area contributed by atoms with Gasteiger partial charge in [0.15, 0.2) is 0 Å². The molecule has 4 rings (SSSR count). The van der Waals surface area contributed by atoms with Gasteiger partial charge in [0, 0.05) is 17.2 Å². The molecule has 0 saturated heterocycles. The Morgan fingerprint density at radius 1 is 1.06 bits per heavy atom. The van der Waals surface area contributed by atoms with E-state index in [1.807, 2.05) is 55.5 Å². The number of carboxylic acid groups (broad SMARTS) is 1. The van der Waals surface area contributed by atoms with Crippen molar-refractivity contribution in [3.63, 3.8) is 0 Å². The van der Waals surface area contributed by atoms with Gasteiger partial charge in [-0.05, 0) is 61.3 Å². The third-order valence-electron chi connectivity index (χ3n) is 6.51. The van der Waals surface area contributed by atoms with Crippen LogP contribution in [0.25, 0.3) is 10.1 Å². The lowest BCUT2D eigenvalue weighted by atomic mass is 9.94. The molecule has 0 aliphatic heterocycles. The first-order valence-corrected chi connectivity index (χ1v) is 12.6. The third-order valence-corrected chi connectivity index (χ3v) is 7.61. The molecule has 6 nitrogen and oxygen atoms in total. The Balaban J connectivity index is 1.50. The molecule has 1 aliphatic carbocycles. The highest BCUT2D eigenvalue weighted by Gasteiger charge is 2.43. The van der Waals surface area contributed by atoms with E-state index in [-0.39, 0.29) is 24.3 Å². The highest BCUT2D eigenvalue weighted by molar-refractivity contribution is 7.20. The summed E-state index contributed by atoms with van der Waals surface area (Å²) < 4.78 is 1.05. The average Bonchev–Trinajstić information content (AvgIpc) is 3.45. The number of benzene rings is 2. The van der Waals surface area contributed by atoms with Gasteiger partial charge in [0.1, 0.15) is 5.54 Å². The maximum Gasteiger partial charge on any atom is 0.303 e. The van der Waals surface area contributed by atoms with Crippen LogP contribution < -0.4 is 10.6 Å². The minimum atomic E-state index is -0.971. The van der Waals surface area contributed by atoms with Crippen molar-refractivity contribution in [3.8, 4) is 0 Å². The standard InChI is InChI=1S/C27H30N2O4S/c1-18-9-10-20-17-23(34-22(20)15-18)25(32)29-27(13-5-6-14-27)26(33)28-21(11-12-24(30)31)16-19-7-3-2-4-8-19/h2-4,7-10,15,17,21H,5-6,11-14,16H2,1H3,(H,28,33)(H,29,32)(H,30,31)/t21-/m0/s1. The van der Waals surface area contributed by atoms with Crippen molar-refractivity contribution in [2.24, 2.45) is 0 Å². The minimum absolute atomic E-state index is 0.0294. The fourth-order valence-electron chi connectivity index (χ4n) is 4.66. The molecule has 178 valence electrons. The number of aliphatic carboxylic acids is 1. The minimum Gasteiger partial charge on any atom is -0.481 e. The smallest absolute Gasteiger partial charge is 0.303 e. The van der Waals surface area contributed by atoms with Crippen molar-refractivity contribution >= 4 is 39.2 Å². The number of nitrogens with one attached hydrogen (secondary N) is 2. The number of rotatable bonds is 9. The second kappa shape index (κ2) is 10.4.